The van der Waals surface area contributed by atoms with Gasteiger partial charge in [0, 0.05) is 19.3 Å². The number of nitrogens with two attached hydrogens (primary N) is 1. The van der Waals surface area contributed by atoms with Gasteiger partial charge in [-0.05, 0) is 18.1 Å². The number of nitrogen functional groups attached to an aromatic ring is 1. The Morgan fingerprint density at radius 1 is 1.47 bits per heavy atom. The first kappa shape index (κ1) is 15.8. The molecule has 0 aliphatic rings. The Labute approximate surface area is 113 Å². The van der Waals surface area contributed by atoms with Crippen molar-refractivity contribution in [2.75, 3.05) is 19.1 Å². The number of methoxy groups -OCH3 is 1. The van der Waals surface area contributed by atoms with Gasteiger partial charge in [-0.3, -0.25) is 0 Å². The fourth-order valence-electron chi connectivity index (χ4n) is 1.52. The van der Waals surface area contributed by atoms with Crippen LogP contribution in [0, 0.1) is 5.92 Å². The highest BCUT2D eigenvalue weighted by Gasteiger charge is 2.25. The summed E-state index contributed by atoms with van der Waals surface area (Å²) in [5.41, 5.74) is 2.27. The van der Waals surface area contributed by atoms with Gasteiger partial charge in [0.1, 0.15) is 4.90 Å². The summed E-state index contributed by atoms with van der Waals surface area (Å²) < 4.78 is 32.2. The Morgan fingerprint density at radius 2 is 2.16 bits per heavy atom. The van der Waals surface area contributed by atoms with Gasteiger partial charge in [0.2, 0.25) is 10.0 Å². The highest BCUT2D eigenvalue weighted by Crippen LogP contribution is 2.18. The molecule has 0 bridgehead atoms. The van der Waals surface area contributed by atoms with Crippen LogP contribution in [0.15, 0.2) is 23.2 Å². The van der Waals surface area contributed by atoms with E-state index in [1.807, 2.05) is 13.8 Å². The number of nitrogens with zero attached hydrogens (tertiary/aromatic N) is 1. The molecule has 4 N–H and O–H groups in total. The van der Waals surface area contributed by atoms with Gasteiger partial charge in [-0.15, -0.1) is 0 Å². The predicted octanol–water partition coefficient (Wildman–Crippen LogP) is 0.317. The fourth-order valence-corrected chi connectivity index (χ4v) is 3.01. The molecule has 19 heavy (non-hydrogen) atoms. The van der Waals surface area contributed by atoms with Gasteiger partial charge in [-0.25, -0.2) is 24.0 Å². The van der Waals surface area contributed by atoms with Crippen LogP contribution in [-0.2, 0) is 14.8 Å². The number of rotatable bonds is 7. The molecule has 1 rings (SSSR count). The van der Waals surface area contributed by atoms with Crippen molar-refractivity contribution in [2.24, 2.45) is 11.8 Å². The molecule has 0 aromatic carbocycles. The molecule has 1 aromatic heterocycles. The van der Waals surface area contributed by atoms with Crippen LogP contribution in [0.5, 0.6) is 0 Å². The summed E-state index contributed by atoms with van der Waals surface area (Å²) in [5, 5.41) is 0. The number of sulfonamides is 1. The zero-order valence-corrected chi connectivity index (χ0v) is 12.1. The summed E-state index contributed by atoms with van der Waals surface area (Å²) >= 11 is 0. The topological polar surface area (TPSA) is 106 Å². The number of hydrazine groups is 1. The van der Waals surface area contributed by atoms with Crippen molar-refractivity contribution in [1.29, 1.82) is 0 Å². The number of pyridine rings is 1. The summed E-state index contributed by atoms with van der Waals surface area (Å²) in [7, 11) is -2.18. The largest absolute Gasteiger partial charge is 0.383 e. The van der Waals surface area contributed by atoms with Crippen LogP contribution in [0.2, 0.25) is 0 Å². The normalized spacial score (nSPS) is 13.5. The lowest BCUT2D eigenvalue weighted by Crippen LogP contribution is -2.41. The van der Waals surface area contributed by atoms with Crippen molar-refractivity contribution in [2.45, 2.75) is 24.8 Å². The van der Waals surface area contributed by atoms with E-state index in [0.717, 1.165) is 0 Å². The lowest BCUT2D eigenvalue weighted by Gasteiger charge is -2.21. The van der Waals surface area contributed by atoms with Gasteiger partial charge < -0.3 is 10.2 Å². The molecule has 0 saturated heterocycles. The Morgan fingerprint density at radius 3 is 2.68 bits per heavy atom. The summed E-state index contributed by atoms with van der Waals surface area (Å²) in [6.45, 7) is 4.12. The lowest BCUT2D eigenvalue weighted by atomic mass is 10.1. The standard InChI is InChI=1S/C11H20N4O3S/c1-8(2)9(7-18-3)15-19(16,17)10-5-4-6-13-11(10)14-12/h4-6,8-9,15H,7,12H2,1-3H3,(H,13,14). The predicted molar refractivity (Wildman–Crippen MR) is 72.9 cm³/mol. The quantitative estimate of drug-likeness (QED) is 0.493. The van der Waals surface area contributed by atoms with E-state index in [1.54, 1.807) is 0 Å². The minimum Gasteiger partial charge on any atom is -0.383 e. The molecule has 0 saturated carbocycles. The average Bonchev–Trinajstić information content (AvgIpc) is 2.38. The smallest absolute Gasteiger partial charge is 0.244 e. The van der Waals surface area contributed by atoms with Crippen LogP contribution in [0.4, 0.5) is 5.82 Å². The van der Waals surface area contributed by atoms with Crippen LogP contribution in [0.3, 0.4) is 0 Å². The lowest BCUT2D eigenvalue weighted by molar-refractivity contribution is 0.157. The van der Waals surface area contributed by atoms with Crippen molar-refractivity contribution >= 4 is 15.8 Å². The van der Waals surface area contributed by atoms with Crippen LogP contribution in [-0.4, -0.2) is 33.2 Å². The second-order valence-corrected chi connectivity index (χ2v) is 6.10. The molecule has 108 valence electrons. The Hall–Kier alpha value is -1.22. The molecule has 0 fully saturated rings. The molecular weight excluding hydrogens is 268 g/mol. The molecule has 1 unspecified atom stereocenters. The van der Waals surface area contributed by atoms with Crippen molar-refractivity contribution < 1.29 is 13.2 Å². The number of nitrogens with one attached hydrogen (secondary N) is 2. The Bertz CT molecular complexity index is 504. The van der Waals surface area contributed by atoms with E-state index >= 15 is 0 Å². The maximum Gasteiger partial charge on any atom is 0.244 e. The molecular formula is C11H20N4O3S. The number of hydrogen-bond acceptors (Lipinski definition) is 6. The van der Waals surface area contributed by atoms with E-state index in [9.17, 15) is 8.42 Å². The van der Waals surface area contributed by atoms with E-state index < -0.39 is 10.0 Å². The summed E-state index contributed by atoms with van der Waals surface area (Å²) in [6.07, 6.45) is 1.46. The molecule has 0 spiro atoms. The summed E-state index contributed by atoms with van der Waals surface area (Å²) in [5.74, 6) is 5.47. The minimum absolute atomic E-state index is 0.0132. The van der Waals surface area contributed by atoms with E-state index in [4.69, 9.17) is 10.6 Å². The minimum atomic E-state index is -3.70. The zero-order valence-electron chi connectivity index (χ0n) is 11.3. The van der Waals surface area contributed by atoms with E-state index in [1.165, 1.54) is 25.4 Å². The summed E-state index contributed by atoms with van der Waals surface area (Å²) in [6, 6.07) is 2.66. The number of aromatic nitrogens is 1. The highest BCUT2D eigenvalue weighted by molar-refractivity contribution is 7.89. The van der Waals surface area contributed by atoms with Crippen molar-refractivity contribution in [1.82, 2.24) is 9.71 Å². The second-order valence-electron chi connectivity index (χ2n) is 4.42. The third-order valence-corrected chi connectivity index (χ3v) is 4.18. The zero-order chi connectivity index (χ0) is 14.5. The SMILES string of the molecule is COCC(NS(=O)(=O)c1cccnc1NN)C(C)C. The van der Waals surface area contributed by atoms with Crippen LogP contribution < -0.4 is 16.0 Å². The first-order chi connectivity index (χ1) is 8.92. The number of anilines is 1. The average molecular weight is 288 g/mol. The highest BCUT2D eigenvalue weighted by atomic mass is 32.2. The molecule has 1 aromatic rings. The molecule has 0 aliphatic heterocycles. The Kier molecular flexibility index (Phi) is 5.67. The third kappa shape index (κ3) is 4.13. The molecule has 7 nitrogen and oxygen atoms in total. The van der Waals surface area contributed by atoms with Crippen molar-refractivity contribution in [3.63, 3.8) is 0 Å². The maximum absolute atomic E-state index is 12.3. The van der Waals surface area contributed by atoms with Crippen LogP contribution in [0.1, 0.15) is 13.8 Å². The van der Waals surface area contributed by atoms with Crippen molar-refractivity contribution in [3.05, 3.63) is 18.3 Å². The molecule has 1 heterocycles. The van der Waals surface area contributed by atoms with Gasteiger partial charge in [-0.2, -0.15) is 0 Å². The molecule has 8 heteroatoms. The second kappa shape index (κ2) is 6.80. The maximum atomic E-state index is 12.3. The molecule has 1 atom stereocenters. The monoisotopic (exact) mass is 288 g/mol. The number of ether oxygens (including phenoxy) is 1. The first-order valence-electron chi connectivity index (χ1n) is 5.85. The van der Waals surface area contributed by atoms with Gasteiger partial charge >= 0.3 is 0 Å². The molecule has 0 aliphatic carbocycles. The van der Waals surface area contributed by atoms with E-state index in [0.29, 0.717) is 6.61 Å². The van der Waals surface area contributed by atoms with Crippen LogP contribution in [0.25, 0.3) is 0 Å². The number of hydrogen-bond donors (Lipinski definition) is 3. The first-order valence-corrected chi connectivity index (χ1v) is 7.33. The molecule has 0 amide bonds. The van der Waals surface area contributed by atoms with Gasteiger partial charge in [0.05, 0.1) is 6.61 Å². The van der Waals surface area contributed by atoms with Gasteiger partial charge in [-0.1, -0.05) is 13.8 Å². The van der Waals surface area contributed by atoms with Crippen LogP contribution >= 0.6 is 0 Å². The fraction of sp³-hybridized carbons (Fsp3) is 0.545. The third-order valence-electron chi connectivity index (χ3n) is 2.65. The van der Waals surface area contributed by atoms with E-state index in [-0.39, 0.29) is 22.7 Å². The van der Waals surface area contributed by atoms with E-state index in [2.05, 4.69) is 15.1 Å². The summed E-state index contributed by atoms with van der Waals surface area (Å²) in [4.78, 5) is 3.89. The van der Waals surface area contributed by atoms with Gasteiger partial charge in [0.15, 0.2) is 5.82 Å². The molecule has 0 radical (unpaired) electrons. The van der Waals surface area contributed by atoms with Gasteiger partial charge in [0.25, 0.3) is 0 Å². The Balaban J connectivity index is 3.03. The van der Waals surface area contributed by atoms with Crippen molar-refractivity contribution in [3.8, 4) is 0 Å².